The van der Waals surface area contributed by atoms with Gasteiger partial charge in [-0.05, 0) is 24.5 Å². The Hall–Kier alpha value is -1.41. The van der Waals surface area contributed by atoms with Crippen LogP contribution in [-0.2, 0) is 0 Å². The summed E-state index contributed by atoms with van der Waals surface area (Å²) in [5, 5.41) is 0. The minimum atomic E-state index is 0.112. The second kappa shape index (κ2) is 6.00. The van der Waals surface area contributed by atoms with E-state index in [1.807, 2.05) is 0 Å². The number of hydrogen-bond acceptors (Lipinski definition) is 1. The van der Waals surface area contributed by atoms with E-state index in [1.165, 1.54) is 22.4 Å². The molecule has 2 aromatic rings. The molecule has 3 rings (SSSR count). The monoisotopic (exact) mass is 355 g/mol. The molecule has 0 N–H and O–H groups in total. The van der Waals surface area contributed by atoms with Crippen LogP contribution in [-0.4, -0.2) is 11.8 Å². The third kappa shape index (κ3) is 3.03. The number of alkyl halides is 1. The standard InChI is InChI=1S/C20H22BrN/c1-14-9-11-16(12-10-14)19-20(2,3)13-17(22-19)18(21)15-7-5-4-6-8-15/h4-12,17-18H,13H2,1-3H3. The van der Waals surface area contributed by atoms with Gasteiger partial charge >= 0.3 is 0 Å². The Morgan fingerprint density at radius 2 is 1.68 bits per heavy atom. The van der Waals surface area contributed by atoms with Gasteiger partial charge in [0, 0.05) is 11.1 Å². The molecule has 1 nitrogen and oxygen atoms in total. The Kier molecular flexibility index (Phi) is 4.22. The Morgan fingerprint density at radius 3 is 2.32 bits per heavy atom. The number of nitrogens with zero attached hydrogens (tertiary/aromatic N) is 1. The first-order valence-electron chi connectivity index (χ1n) is 7.82. The Morgan fingerprint density at radius 1 is 1.05 bits per heavy atom. The number of benzene rings is 2. The van der Waals surface area contributed by atoms with Crippen LogP contribution in [0.3, 0.4) is 0 Å². The largest absolute Gasteiger partial charge is 0.284 e. The van der Waals surface area contributed by atoms with Crippen LogP contribution < -0.4 is 0 Å². The van der Waals surface area contributed by atoms with Gasteiger partial charge in [0.25, 0.3) is 0 Å². The normalized spacial score (nSPS) is 21.5. The summed E-state index contributed by atoms with van der Waals surface area (Å²) in [7, 11) is 0. The maximum atomic E-state index is 5.09. The van der Waals surface area contributed by atoms with Gasteiger partial charge in [0.1, 0.15) is 0 Å². The lowest BCUT2D eigenvalue weighted by molar-refractivity contribution is 0.459. The van der Waals surface area contributed by atoms with Crippen LogP contribution in [0.4, 0.5) is 0 Å². The van der Waals surface area contributed by atoms with Crippen molar-refractivity contribution in [2.24, 2.45) is 10.4 Å². The van der Waals surface area contributed by atoms with Crippen molar-refractivity contribution in [2.45, 2.75) is 38.1 Å². The highest BCUT2D eigenvalue weighted by molar-refractivity contribution is 9.09. The predicted molar refractivity (Wildman–Crippen MR) is 98.0 cm³/mol. The molecule has 2 heteroatoms. The van der Waals surface area contributed by atoms with Crippen molar-refractivity contribution in [3.8, 4) is 0 Å². The Balaban J connectivity index is 1.91. The van der Waals surface area contributed by atoms with E-state index in [1.54, 1.807) is 0 Å². The van der Waals surface area contributed by atoms with Crippen LogP contribution in [0, 0.1) is 12.3 Å². The maximum absolute atomic E-state index is 5.09. The first-order valence-corrected chi connectivity index (χ1v) is 8.73. The van der Waals surface area contributed by atoms with Crippen LogP contribution in [0.1, 0.15) is 41.8 Å². The fraction of sp³-hybridized carbons (Fsp3) is 0.350. The highest BCUT2D eigenvalue weighted by atomic mass is 79.9. The molecule has 0 aliphatic carbocycles. The van der Waals surface area contributed by atoms with Gasteiger partial charge < -0.3 is 0 Å². The van der Waals surface area contributed by atoms with E-state index in [0.29, 0.717) is 0 Å². The van der Waals surface area contributed by atoms with Crippen molar-refractivity contribution in [3.63, 3.8) is 0 Å². The lowest BCUT2D eigenvalue weighted by Crippen LogP contribution is -2.22. The van der Waals surface area contributed by atoms with E-state index in [9.17, 15) is 0 Å². The van der Waals surface area contributed by atoms with Crippen molar-refractivity contribution in [3.05, 3.63) is 71.3 Å². The molecule has 2 atom stereocenters. The number of aliphatic imine (C=N–C) groups is 1. The molecule has 0 aromatic heterocycles. The Bertz CT molecular complexity index is 671. The third-order valence-electron chi connectivity index (χ3n) is 4.44. The van der Waals surface area contributed by atoms with Gasteiger partial charge in [0.05, 0.1) is 10.9 Å². The predicted octanol–water partition coefficient (Wildman–Crippen LogP) is 5.72. The van der Waals surface area contributed by atoms with Crippen LogP contribution in [0.25, 0.3) is 0 Å². The summed E-state index contributed by atoms with van der Waals surface area (Å²) in [6.45, 7) is 6.73. The number of rotatable bonds is 3. The molecule has 0 radical (unpaired) electrons. The molecule has 1 heterocycles. The van der Waals surface area contributed by atoms with Gasteiger partial charge in [-0.25, -0.2) is 0 Å². The molecule has 0 saturated heterocycles. The molecule has 0 saturated carbocycles. The molecular weight excluding hydrogens is 334 g/mol. The van der Waals surface area contributed by atoms with Gasteiger partial charge in [-0.3, -0.25) is 4.99 Å². The minimum absolute atomic E-state index is 0.112. The molecule has 1 aliphatic heterocycles. The Labute approximate surface area is 141 Å². The van der Waals surface area contributed by atoms with Gasteiger partial charge in [0.2, 0.25) is 0 Å². The van der Waals surface area contributed by atoms with E-state index in [4.69, 9.17) is 4.99 Å². The van der Waals surface area contributed by atoms with Crippen molar-refractivity contribution < 1.29 is 0 Å². The molecule has 2 aromatic carbocycles. The first kappa shape index (κ1) is 15.5. The summed E-state index contributed by atoms with van der Waals surface area (Å²) in [4.78, 5) is 5.36. The zero-order valence-corrected chi connectivity index (χ0v) is 15.0. The van der Waals surface area contributed by atoms with Gasteiger partial charge in [0.15, 0.2) is 0 Å². The quantitative estimate of drug-likeness (QED) is 0.624. The second-order valence-corrected chi connectivity index (χ2v) is 7.80. The molecule has 0 bridgehead atoms. The maximum Gasteiger partial charge on any atom is 0.0678 e. The zero-order chi connectivity index (χ0) is 15.7. The molecule has 1 aliphatic rings. The summed E-state index contributed by atoms with van der Waals surface area (Å²) in [6.07, 6.45) is 1.07. The van der Waals surface area contributed by atoms with E-state index in [-0.39, 0.29) is 16.3 Å². The second-order valence-electron chi connectivity index (χ2n) is 6.81. The summed E-state index contributed by atoms with van der Waals surface area (Å²) in [6, 6.07) is 19.6. The first-order chi connectivity index (χ1) is 10.5. The summed E-state index contributed by atoms with van der Waals surface area (Å²) in [5.41, 5.74) is 5.20. The van der Waals surface area contributed by atoms with Crippen molar-refractivity contribution in [1.29, 1.82) is 0 Å². The third-order valence-corrected chi connectivity index (χ3v) is 5.58. The van der Waals surface area contributed by atoms with Gasteiger partial charge in [-0.15, -0.1) is 0 Å². The average Bonchev–Trinajstić information content (AvgIpc) is 2.84. The average molecular weight is 356 g/mol. The van der Waals surface area contributed by atoms with Crippen molar-refractivity contribution in [1.82, 2.24) is 0 Å². The summed E-state index contributed by atoms with van der Waals surface area (Å²) < 4.78 is 0. The van der Waals surface area contributed by atoms with E-state index in [2.05, 4.69) is 91.3 Å². The van der Waals surface area contributed by atoms with Crippen LogP contribution >= 0.6 is 15.9 Å². The lowest BCUT2D eigenvalue weighted by Gasteiger charge is -2.22. The van der Waals surface area contributed by atoms with Crippen molar-refractivity contribution in [2.75, 3.05) is 0 Å². The summed E-state index contributed by atoms with van der Waals surface area (Å²) in [5.74, 6) is 0. The van der Waals surface area contributed by atoms with E-state index >= 15 is 0 Å². The smallest absolute Gasteiger partial charge is 0.0678 e. The molecule has 0 fully saturated rings. The van der Waals surface area contributed by atoms with Crippen LogP contribution in [0.2, 0.25) is 0 Å². The molecule has 114 valence electrons. The zero-order valence-electron chi connectivity index (χ0n) is 13.4. The van der Waals surface area contributed by atoms with Crippen molar-refractivity contribution >= 4 is 21.6 Å². The molecule has 2 unspecified atom stereocenters. The fourth-order valence-electron chi connectivity index (χ4n) is 3.21. The summed E-state index contributed by atoms with van der Waals surface area (Å²) >= 11 is 3.87. The van der Waals surface area contributed by atoms with E-state index in [0.717, 1.165) is 6.42 Å². The number of hydrogen-bond donors (Lipinski definition) is 0. The van der Waals surface area contributed by atoms with Gasteiger partial charge in [-0.2, -0.15) is 0 Å². The lowest BCUT2D eigenvalue weighted by atomic mass is 9.80. The van der Waals surface area contributed by atoms with Gasteiger partial charge in [-0.1, -0.05) is 89.9 Å². The SMILES string of the molecule is Cc1ccc(C2=NC(C(Br)c3ccccc3)CC2(C)C)cc1. The number of halogens is 1. The molecule has 22 heavy (non-hydrogen) atoms. The molecular formula is C20H22BrN. The van der Waals surface area contributed by atoms with Crippen LogP contribution in [0.15, 0.2) is 59.6 Å². The van der Waals surface area contributed by atoms with E-state index < -0.39 is 0 Å². The topological polar surface area (TPSA) is 12.4 Å². The highest BCUT2D eigenvalue weighted by Crippen LogP contribution is 2.43. The minimum Gasteiger partial charge on any atom is -0.284 e. The van der Waals surface area contributed by atoms with Crippen LogP contribution in [0.5, 0.6) is 0 Å². The molecule has 0 amide bonds. The molecule has 0 spiro atoms. The fourth-order valence-corrected chi connectivity index (χ4v) is 3.82. The highest BCUT2D eigenvalue weighted by Gasteiger charge is 2.38. The number of aryl methyl sites for hydroxylation is 1.